The van der Waals surface area contributed by atoms with Crippen LogP contribution in [-0.2, 0) is 11.8 Å². The van der Waals surface area contributed by atoms with E-state index in [9.17, 15) is 9.59 Å². The molecule has 8 heteroatoms. The second kappa shape index (κ2) is 6.55. The van der Waals surface area contributed by atoms with E-state index in [0.29, 0.717) is 5.16 Å². The number of carbonyl (C=O) groups excluding carboxylic acids is 2. The number of carbonyl (C=O) groups is 2. The summed E-state index contributed by atoms with van der Waals surface area (Å²) in [6.07, 6.45) is 0. The number of amides is 3. The van der Waals surface area contributed by atoms with E-state index >= 15 is 0 Å². The predicted molar refractivity (Wildman–Crippen MR) is 73.0 cm³/mol. The molecular formula is C11H19N5O2S. The number of urea groups is 1. The summed E-state index contributed by atoms with van der Waals surface area (Å²) in [6.45, 7) is 5.77. The Morgan fingerprint density at radius 1 is 1.26 bits per heavy atom. The summed E-state index contributed by atoms with van der Waals surface area (Å²) >= 11 is 1.27. The van der Waals surface area contributed by atoms with Crippen LogP contribution in [0.15, 0.2) is 5.16 Å². The Hall–Kier alpha value is -1.57. The maximum Gasteiger partial charge on any atom is 0.321 e. The third-order valence-electron chi connectivity index (χ3n) is 2.50. The SMILES string of the molecule is CNC(=O)NC(=O)C(C)Sc1nnc(C(C)C)n1C. The van der Waals surface area contributed by atoms with Gasteiger partial charge < -0.3 is 9.88 Å². The van der Waals surface area contributed by atoms with Gasteiger partial charge in [-0.25, -0.2) is 4.79 Å². The zero-order chi connectivity index (χ0) is 14.6. The minimum absolute atomic E-state index is 0.266. The summed E-state index contributed by atoms with van der Waals surface area (Å²) in [6, 6.07) is -0.515. The van der Waals surface area contributed by atoms with Gasteiger partial charge in [-0.1, -0.05) is 25.6 Å². The zero-order valence-electron chi connectivity index (χ0n) is 11.7. The van der Waals surface area contributed by atoms with Crippen molar-refractivity contribution in [2.45, 2.75) is 37.1 Å². The standard InChI is InChI=1S/C11H19N5O2S/c1-6(2)8-14-15-11(16(8)5)19-7(3)9(17)13-10(18)12-4/h6-7H,1-5H3,(H2,12,13,17,18). The minimum Gasteiger partial charge on any atom is -0.341 e. The number of hydrogen-bond acceptors (Lipinski definition) is 5. The van der Waals surface area contributed by atoms with Crippen molar-refractivity contribution >= 4 is 23.7 Å². The highest BCUT2D eigenvalue weighted by atomic mass is 32.2. The van der Waals surface area contributed by atoms with Gasteiger partial charge >= 0.3 is 6.03 Å². The molecule has 0 radical (unpaired) electrons. The van der Waals surface area contributed by atoms with E-state index < -0.39 is 11.3 Å². The van der Waals surface area contributed by atoms with Crippen LogP contribution in [0.5, 0.6) is 0 Å². The Kier molecular flexibility index (Phi) is 5.34. The summed E-state index contributed by atoms with van der Waals surface area (Å²) in [5, 5.41) is 12.9. The van der Waals surface area contributed by atoms with Gasteiger partial charge in [0.15, 0.2) is 5.16 Å². The van der Waals surface area contributed by atoms with Crippen molar-refractivity contribution in [2.75, 3.05) is 7.05 Å². The summed E-state index contributed by atoms with van der Waals surface area (Å²) in [5.74, 6) is 0.765. The fourth-order valence-corrected chi connectivity index (χ4v) is 2.24. The molecule has 0 spiro atoms. The molecule has 0 aliphatic heterocycles. The minimum atomic E-state index is -0.515. The van der Waals surface area contributed by atoms with E-state index in [-0.39, 0.29) is 11.8 Å². The molecule has 3 amide bonds. The van der Waals surface area contributed by atoms with E-state index in [1.165, 1.54) is 18.8 Å². The summed E-state index contributed by atoms with van der Waals surface area (Å²) in [4.78, 5) is 22.8. The molecule has 1 rings (SSSR count). The van der Waals surface area contributed by atoms with Crippen LogP contribution < -0.4 is 10.6 Å². The lowest BCUT2D eigenvalue weighted by molar-refractivity contribution is -0.119. The first kappa shape index (κ1) is 15.5. The Morgan fingerprint density at radius 3 is 2.37 bits per heavy atom. The summed E-state index contributed by atoms with van der Waals surface area (Å²) in [7, 11) is 3.32. The third-order valence-corrected chi connectivity index (χ3v) is 3.63. The fraction of sp³-hybridized carbons (Fsp3) is 0.636. The molecule has 2 N–H and O–H groups in total. The molecule has 0 aromatic carbocycles. The number of nitrogens with zero attached hydrogens (tertiary/aromatic N) is 3. The summed E-state index contributed by atoms with van der Waals surface area (Å²) < 4.78 is 1.86. The molecule has 106 valence electrons. The first-order chi connectivity index (χ1) is 8.86. The van der Waals surface area contributed by atoms with Crippen molar-refractivity contribution < 1.29 is 9.59 Å². The summed E-state index contributed by atoms with van der Waals surface area (Å²) in [5.41, 5.74) is 0. The molecule has 0 aliphatic carbocycles. The number of thioether (sulfide) groups is 1. The van der Waals surface area contributed by atoms with Crippen LogP contribution >= 0.6 is 11.8 Å². The lowest BCUT2D eigenvalue weighted by Crippen LogP contribution is -2.41. The number of aromatic nitrogens is 3. The second-order valence-corrected chi connectivity index (χ2v) is 5.69. The smallest absolute Gasteiger partial charge is 0.321 e. The van der Waals surface area contributed by atoms with Gasteiger partial charge in [0.25, 0.3) is 0 Å². The zero-order valence-corrected chi connectivity index (χ0v) is 12.5. The molecule has 0 bridgehead atoms. The van der Waals surface area contributed by atoms with Gasteiger partial charge in [0, 0.05) is 20.0 Å². The molecule has 0 fully saturated rings. The van der Waals surface area contributed by atoms with Crippen molar-refractivity contribution in [3.8, 4) is 0 Å². The highest BCUT2D eigenvalue weighted by Crippen LogP contribution is 2.23. The van der Waals surface area contributed by atoms with Gasteiger partial charge in [-0.15, -0.1) is 10.2 Å². The first-order valence-electron chi connectivity index (χ1n) is 5.95. The van der Waals surface area contributed by atoms with E-state index in [1.807, 2.05) is 25.5 Å². The van der Waals surface area contributed by atoms with E-state index in [4.69, 9.17) is 0 Å². The van der Waals surface area contributed by atoms with Gasteiger partial charge in [0.1, 0.15) is 5.82 Å². The maximum absolute atomic E-state index is 11.7. The molecule has 1 aromatic rings. The lowest BCUT2D eigenvalue weighted by atomic mass is 10.2. The Morgan fingerprint density at radius 2 is 1.89 bits per heavy atom. The Labute approximate surface area is 116 Å². The van der Waals surface area contributed by atoms with Crippen molar-refractivity contribution in [3.63, 3.8) is 0 Å². The normalized spacial score (nSPS) is 12.3. The molecule has 19 heavy (non-hydrogen) atoms. The third kappa shape index (κ3) is 3.95. The molecule has 1 atom stereocenters. The van der Waals surface area contributed by atoms with Gasteiger partial charge in [-0.3, -0.25) is 10.1 Å². The lowest BCUT2D eigenvalue weighted by Gasteiger charge is -2.11. The molecule has 0 saturated carbocycles. The van der Waals surface area contributed by atoms with Crippen molar-refractivity contribution in [1.29, 1.82) is 0 Å². The van der Waals surface area contributed by atoms with Crippen LogP contribution in [0.1, 0.15) is 32.5 Å². The van der Waals surface area contributed by atoms with Crippen LogP contribution in [0, 0.1) is 0 Å². The van der Waals surface area contributed by atoms with Crippen LogP contribution in [0.25, 0.3) is 0 Å². The van der Waals surface area contributed by atoms with Crippen molar-refractivity contribution in [1.82, 2.24) is 25.4 Å². The number of imide groups is 1. The van der Waals surface area contributed by atoms with Gasteiger partial charge in [0.2, 0.25) is 5.91 Å². The molecule has 1 unspecified atom stereocenters. The van der Waals surface area contributed by atoms with E-state index in [2.05, 4.69) is 20.8 Å². The van der Waals surface area contributed by atoms with Crippen LogP contribution in [0.3, 0.4) is 0 Å². The quantitative estimate of drug-likeness (QED) is 0.801. The molecule has 7 nitrogen and oxygen atoms in total. The van der Waals surface area contributed by atoms with Gasteiger partial charge in [-0.05, 0) is 6.92 Å². The number of hydrogen-bond donors (Lipinski definition) is 2. The molecule has 1 heterocycles. The highest BCUT2D eigenvalue weighted by molar-refractivity contribution is 8.00. The number of rotatable bonds is 4. The molecule has 1 aromatic heterocycles. The first-order valence-corrected chi connectivity index (χ1v) is 6.83. The average Bonchev–Trinajstić information content (AvgIpc) is 2.70. The Balaban J connectivity index is 2.69. The molecule has 0 aliphatic rings. The van der Waals surface area contributed by atoms with Crippen LogP contribution in [0.4, 0.5) is 4.79 Å². The van der Waals surface area contributed by atoms with Crippen molar-refractivity contribution in [3.05, 3.63) is 5.82 Å². The largest absolute Gasteiger partial charge is 0.341 e. The fourth-order valence-electron chi connectivity index (χ4n) is 1.42. The Bertz CT molecular complexity index is 472. The van der Waals surface area contributed by atoms with Gasteiger partial charge in [0.05, 0.1) is 5.25 Å². The highest BCUT2D eigenvalue weighted by Gasteiger charge is 2.20. The average molecular weight is 285 g/mol. The topological polar surface area (TPSA) is 88.9 Å². The van der Waals surface area contributed by atoms with E-state index in [1.54, 1.807) is 6.92 Å². The molecule has 0 saturated heterocycles. The predicted octanol–water partition coefficient (Wildman–Crippen LogP) is 0.875. The second-order valence-electron chi connectivity index (χ2n) is 4.38. The van der Waals surface area contributed by atoms with Crippen LogP contribution in [0.2, 0.25) is 0 Å². The number of nitrogens with one attached hydrogen (secondary N) is 2. The van der Waals surface area contributed by atoms with E-state index in [0.717, 1.165) is 5.82 Å². The van der Waals surface area contributed by atoms with Crippen LogP contribution in [-0.4, -0.2) is 39.0 Å². The van der Waals surface area contributed by atoms with Gasteiger partial charge in [-0.2, -0.15) is 0 Å². The molecular weight excluding hydrogens is 266 g/mol. The maximum atomic E-state index is 11.7. The monoisotopic (exact) mass is 285 g/mol. The van der Waals surface area contributed by atoms with Crippen molar-refractivity contribution in [2.24, 2.45) is 7.05 Å².